The van der Waals surface area contributed by atoms with E-state index in [0.717, 1.165) is 0 Å². The predicted octanol–water partition coefficient (Wildman–Crippen LogP) is 3.47. The van der Waals surface area contributed by atoms with Gasteiger partial charge in [0.25, 0.3) is 0 Å². The average molecular weight is 261 g/mol. The van der Waals surface area contributed by atoms with Gasteiger partial charge >= 0.3 is 6.18 Å². The first kappa shape index (κ1) is 14.8. The lowest BCUT2D eigenvalue weighted by Gasteiger charge is -2.36. The fraction of sp³-hybridized carbons (Fsp3) is 0.538. The van der Waals surface area contributed by atoms with Crippen molar-refractivity contribution in [2.75, 3.05) is 13.7 Å². The Morgan fingerprint density at radius 2 is 1.67 bits per heavy atom. The van der Waals surface area contributed by atoms with Crippen molar-refractivity contribution in [1.82, 2.24) is 5.32 Å². The molecule has 0 aromatic heterocycles. The molecule has 5 heteroatoms. The van der Waals surface area contributed by atoms with Crippen LogP contribution in [0.25, 0.3) is 0 Å². The quantitative estimate of drug-likeness (QED) is 0.876. The molecular formula is C13H18F3NO. The highest BCUT2D eigenvalue weighted by molar-refractivity contribution is 5.33. The summed E-state index contributed by atoms with van der Waals surface area (Å²) >= 11 is 0. The van der Waals surface area contributed by atoms with Gasteiger partial charge in [-0.25, -0.2) is 0 Å². The molecule has 1 N–H and O–H groups in total. The molecule has 0 radical (unpaired) electrons. The number of methoxy groups -OCH3 is 1. The maximum atomic E-state index is 13.3. The first-order valence-electron chi connectivity index (χ1n) is 5.87. The van der Waals surface area contributed by atoms with Crippen LogP contribution in [0.2, 0.25) is 0 Å². The van der Waals surface area contributed by atoms with Crippen LogP contribution in [0.1, 0.15) is 25.8 Å². The molecule has 0 spiro atoms. The molecule has 1 rings (SSSR count). The lowest BCUT2D eigenvalue weighted by Crippen LogP contribution is -2.53. The largest absolute Gasteiger partial charge is 0.497 e. The Balaban J connectivity index is 3.24. The summed E-state index contributed by atoms with van der Waals surface area (Å²) in [5.41, 5.74) is -1.78. The van der Waals surface area contributed by atoms with Gasteiger partial charge in [0.2, 0.25) is 0 Å². The van der Waals surface area contributed by atoms with Crippen molar-refractivity contribution < 1.29 is 17.9 Å². The van der Waals surface area contributed by atoms with Crippen LogP contribution in [0.3, 0.4) is 0 Å². The predicted molar refractivity (Wildman–Crippen MR) is 64.7 cm³/mol. The molecule has 0 aliphatic rings. The minimum Gasteiger partial charge on any atom is -0.497 e. The second-order valence-electron chi connectivity index (χ2n) is 4.02. The Morgan fingerprint density at radius 1 is 1.11 bits per heavy atom. The van der Waals surface area contributed by atoms with Crippen LogP contribution in [-0.2, 0) is 5.54 Å². The van der Waals surface area contributed by atoms with E-state index in [2.05, 4.69) is 5.32 Å². The summed E-state index contributed by atoms with van der Waals surface area (Å²) in [4.78, 5) is 0. The number of hydrogen-bond acceptors (Lipinski definition) is 2. The van der Waals surface area contributed by atoms with E-state index in [1.54, 1.807) is 19.1 Å². The topological polar surface area (TPSA) is 21.3 Å². The second kappa shape index (κ2) is 5.61. The second-order valence-corrected chi connectivity index (χ2v) is 4.02. The molecule has 0 fully saturated rings. The minimum absolute atomic E-state index is 0.0589. The van der Waals surface area contributed by atoms with E-state index in [0.29, 0.717) is 5.75 Å². The Bertz CT molecular complexity index is 375. The zero-order chi connectivity index (χ0) is 13.8. The van der Waals surface area contributed by atoms with Gasteiger partial charge in [-0.3, -0.25) is 0 Å². The fourth-order valence-electron chi connectivity index (χ4n) is 2.07. The summed E-state index contributed by atoms with van der Waals surface area (Å²) in [5, 5.41) is 2.57. The van der Waals surface area contributed by atoms with Crippen molar-refractivity contribution in [3.05, 3.63) is 29.8 Å². The summed E-state index contributed by atoms with van der Waals surface area (Å²) in [7, 11) is 1.48. The molecular weight excluding hydrogens is 243 g/mol. The molecule has 0 heterocycles. The summed E-state index contributed by atoms with van der Waals surface area (Å²) < 4.78 is 45.0. The smallest absolute Gasteiger partial charge is 0.410 e. The van der Waals surface area contributed by atoms with Crippen LogP contribution in [-0.4, -0.2) is 19.8 Å². The highest BCUT2D eigenvalue weighted by Gasteiger charge is 2.54. The van der Waals surface area contributed by atoms with E-state index in [-0.39, 0.29) is 18.5 Å². The molecule has 1 aromatic carbocycles. The third-order valence-corrected chi connectivity index (χ3v) is 3.08. The number of nitrogens with one attached hydrogen (secondary N) is 1. The van der Waals surface area contributed by atoms with Crippen LogP contribution < -0.4 is 10.1 Å². The summed E-state index contributed by atoms with van der Waals surface area (Å²) in [6.07, 6.45) is -4.40. The molecule has 0 saturated heterocycles. The Labute approximate surface area is 105 Å². The number of ether oxygens (including phenoxy) is 1. The third kappa shape index (κ3) is 2.61. The number of hydrogen-bond donors (Lipinski definition) is 1. The molecule has 0 amide bonds. The summed E-state index contributed by atoms with van der Waals surface area (Å²) in [6.45, 7) is 3.44. The zero-order valence-electron chi connectivity index (χ0n) is 10.8. The van der Waals surface area contributed by atoms with Crippen molar-refractivity contribution in [3.63, 3.8) is 0 Å². The van der Waals surface area contributed by atoms with Crippen molar-refractivity contribution in [3.8, 4) is 5.75 Å². The molecule has 0 saturated carbocycles. The Morgan fingerprint density at radius 3 is 2.00 bits per heavy atom. The molecule has 1 unspecified atom stereocenters. The van der Waals surface area contributed by atoms with Gasteiger partial charge in [0.15, 0.2) is 0 Å². The van der Waals surface area contributed by atoms with Crippen molar-refractivity contribution in [1.29, 1.82) is 0 Å². The van der Waals surface area contributed by atoms with Crippen LogP contribution in [0.15, 0.2) is 24.3 Å². The lowest BCUT2D eigenvalue weighted by molar-refractivity contribution is -0.202. The van der Waals surface area contributed by atoms with Gasteiger partial charge in [-0.15, -0.1) is 0 Å². The fourth-order valence-corrected chi connectivity index (χ4v) is 2.07. The first-order chi connectivity index (χ1) is 8.41. The van der Waals surface area contributed by atoms with Crippen LogP contribution >= 0.6 is 0 Å². The number of halogens is 3. The highest BCUT2D eigenvalue weighted by atomic mass is 19.4. The molecule has 2 nitrogen and oxygen atoms in total. The molecule has 0 aliphatic heterocycles. The maximum Gasteiger partial charge on any atom is 0.410 e. The van der Waals surface area contributed by atoms with Gasteiger partial charge in [0, 0.05) is 0 Å². The van der Waals surface area contributed by atoms with E-state index in [1.807, 2.05) is 0 Å². The van der Waals surface area contributed by atoms with Crippen molar-refractivity contribution in [2.24, 2.45) is 0 Å². The number of alkyl halides is 3. The normalized spacial score (nSPS) is 15.2. The monoisotopic (exact) mass is 261 g/mol. The van der Waals surface area contributed by atoms with E-state index in [4.69, 9.17) is 4.74 Å². The highest BCUT2D eigenvalue weighted by Crippen LogP contribution is 2.41. The molecule has 0 aliphatic carbocycles. The lowest BCUT2D eigenvalue weighted by atomic mass is 9.86. The molecule has 18 heavy (non-hydrogen) atoms. The SMILES string of the molecule is CCNC(CC)(c1ccc(OC)cc1)C(F)(F)F. The van der Waals surface area contributed by atoms with Crippen LogP contribution in [0.5, 0.6) is 5.75 Å². The summed E-state index contributed by atoms with van der Waals surface area (Å²) in [5.74, 6) is 0.544. The van der Waals surface area contributed by atoms with Gasteiger partial charge in [0.05, 0.1) is 7.11 Å². The average Bonchev–Trinajstić information content (AvgIpc) is 2.34. The van der Waals surface area contributed by atoms with Crippen molar-refractivity contribution in [2.45, 2.75) is 32.0 Å². The Hall–Kier alpha value is -1.23. The van der Waals surface area contributed by atoms with Crippen LogP contribution in [0, 0.1) is 0 Å². The van der Waals surface area contributed by atoms with E-state index < -0.39 is 11.7 Å². The minimum atomic E-state index is -4.34. The number of benzene rings is 1. The van der Waals surface area contributed by atoms with Gasteiger partial charge in [-0.05, 0) is 30.7 Å². The molecule has 0 bridgehead atoms. The van der Waals surface area contributed by atoms with E-state index in [1.165, 1.54) is 26.2 Å². The van der Waals surface area contributed by atoms with E-state index in [9.17, 15) is 13.2 Å². The standard InChI is InChI=1S/C13H18F3NO/c1-4-12(17-5-2,13(14,15)16)10-6-8-11(18-3)9-7-10/h6-9,17H,4-5H2,1-3H3. The summed E-state index contributed by atoms with van der Waals surface area (Å²) in [6, 6.07) is 6.00. The third-order valence-electron chi connectivity index (χ3n) is 3.08. The van der Waals surface area contributed by atoms with Crippen molar-refractivity contribution >= 4 is 0 Å². The molecule has 102 valence electrons. The van der Waals surface area contributed by atoms with Crippen LogP contribution in [0.4, 0.5) is 13.2 Å². The van der Waals surface area contributed by atoms with Gasteiger partial charge in [0.1, 0.15) is 11.3 Å². The first-order valence-corrected chi connectivity index (χ1v) is 5.87. The number of rotatable bonds is 5. The molecule has 1 atom stereocenters. The molecule has 1 aromatic rings. The maximum absolute atomic E-state index is 13.3. The van der Waals surface area contributed by atoms with Gasteiger partial charge < -0.3 is 10.1 Å². The Kier molecular flexibility index (Phi) is 4.62. The van der Waals surface area contributed by atoms with Gasteiger partial charge in [-0.1, -0.05) is 26.0 Å². The van der Waals surface area contributed by atoms with Gasteiger partial charge in [-0.2, -0.15) is 13.2 Å². The zero-order valence-corrected chi connectivity index (χ0v) is 10.8. The van der Waals surface area contributed by atoms with E-state index >= 15 is 0 Å².